The zero-order chi connectivity index (χ0) is 22.3. The van der Waals surface area contributed by atoms with Gasteiger partial charge in [-0.1, -0.05) is 6.92 Å². The topological polar surface area (TPSA) is 98.5 Å². The molecule has 1 aliphatic heterocycles. The summed E-state index contributed by atoms with van der Waals surface area (Å²) in [5, 5.41) is 11.5. The van der Waals surface area contributed by atoms with Gasteiger partial charge in [-0.2, -0.15) is 5.10 Å². The van der Waals surface area contributed by atoms with Gasteiger partial charge in [-0.3, -0.25) is 4.99 Å². The number of pyridine rings is 1. The zero-order valence-electron chi connectivity index (χ0n) is 19.8. The minimum Gasteiger partial charge on any atom is -0.474 e. The van der Waals surface area contributed by atoms with Gasteiger partial charge < -0.3 is 20.1 Å². The molecular weight excluding hydrogens is 533 g/mol. The largest absolute Gasteiger partial charge is 0.474 e. The number of hydrogen-bond donors (Lipinski definition) is 2. The Hall–Kier alpha value is -1.95. The lowest BCUT2D eigenvalue weighted by Crippen LogP contribution is -2.46. The Morgan fingerprint density at radius 2 is 2.06 bits per heavy atom. The number of nitrogens with zero attached hydrogens (tertiary/aromatic N) is 5. The number of aromatic nitrogens is 4. The number of aryl methyl sites for hydroxylation is 1. The van der Waals surface area contributed by atoms with Crippen LogP contribution in [0.1, 0.15) is 56.2 Å². The van der Waals surface area contributed by atoms with E-state index in [2.05, 4.69) is 37.6 Å². The third kappa shape index (κ3) is 7.26. The van der Waals surface area contributed by atoms with Crippen molar-refractivity contribution in [2.45, 2.75) is 77.3 Å². The first-order valence-electron chi connectivity index (χ1n) is 11.6. The van der Waals surface area contributed by atoms with Crippen LogP contribution in [-0.2, 0) is 30.9 Å². The summed E-state index contributed by atoms with van der Waals surface area (Å²) in [5.74, 6) is 4.06. The fourth-order valence-corrected chi connectivity index (χ4v) is 4.39. The molecule has 0 spiro atoms. The first-order valence-corrected chi connectivity index (χ1v) is 11.6. The molecule has 2 aliphatic rings. The van der Waals surface area contributed by atoms with Crippen molar-refractivity contribution >= 4 is 29.9 Å². The van der Waals surface area contributed by atoms with Crippen LogP contribution in [-0.4, -0.2) is 52.0 Å². The first kappa shape index (κ1) is 25.7. The monoisotopic (exact) mass is 569 g/mol. The van der Waals surface area contributed by atoms with E-state index in [1.54, 1.807) is 14.2 Å². The highest BCUT2D eigenvalue weighted by Gasteiger charge is 2.23. The quantitative estimate of drug-likeness (QED) is 0.301. The van der Waals surface area contributed by atoms with Crippen molar-refractivity contribution in [3.05, 3.63) is 35.5 Å². The number of halogens is 1. The molecular formula is C23H36IN7O2. The predicted octanol–water partition coefficient (Wildman–Crippen LogP) is 3.08. The van der Waals surface area contributed by atoms with Crippen LogP contribution in [0.2, 0.25) is 0 Å². The van der Waals surface area contributed by atoms with E-state index in [0.29, 0.717) is 19.0 Å². The number of ether oxygens (including phenoxy) is 2. The van der Waals surface area contributed by atoms with E-state index in [1.807, 2.05) is 23.0 Å². The number of fused-ring (bicyclic) bond motifs is 1. The molecule has 4 rings (SSSR count). The van der Waals surface area contributed by atoms with Crippen LogP contribution >= 0.6 is 24.0 Å². The van der Waals surface area contributed by atoms with E-state index in [-0.39, 0.29) is 36.1 Å². The van der Waals surface area contributed by atoms with Crippen LogP contribution in [0.4, 0.5) is 0 Å². The summed E-state index contributed by atoms with van der Waals surface area (Å²) < 4.78 is 13.3. The zero-order valence-corrected chi connectivity index (χ0v) is 22.1. The van der Waals surface area contributed by atoms with Crippen molar-refractivity contribution in [1.29, 1.82) is 0 Å². The van der Waals surface area contributed by atoms with Gasteiger partial charge in [0.25, 0.3) is 0 Å². The molecule has 1 aliphatic carbocycles. The molecule has 2 N–H and O–H groups in total. The number of methoxy groups -OCH3 is 1. The Morgan fingerprint density at radius 1 is 1.24 bits per heavy atom. The Balaban J connectivity index is 0.00000306. The molecule has 182 valence electrons. The number of nitrogens with one attached hydrogen (secondary N) is 2. The molecule has 1 saturated carbocycles. The molecule has 2 aromatic heterocycles. The molecule has 1 fully saturated rings. The van der Waals surface area contributed by atoms with Gasteiger partial charge in [-0.25, -0.2) is 14.6 Å². The normalized spacial score (nSPS) is 22.8. The van der Waals surface area contributed by atoms with Crippen molar-refractivity contribution in [3.63, 3.8) is 0 Å². The summed E-state index contributed by atoms with van der Waals surface area (Å²) in [7, 11) is 3.45. The maximum atomic E-state index is 6.14. The summed E-state index contributed by atoms with van der Waals surface area (Å²) in [4.78, 5) is 13.3. The van der Waals surface area contributed by atoms with Gasteiger partial charge in [0.15, 0.2) is 11.8 Å². The third-order valence-corrected chi connectivity index (χ3v) is 6.25. The average molecular weight is 569 g/mol. The van der Waals surface area contributed by atoms with Gasteiger partial charge in [-0.15, -0.1) is 24.0 Å². The van der Waals surface area contributed by atoms with Gasteiger partial charge in [0.1, 0.15) is 18.5 Å². The summed E-state index contributed by atoms with van der Waals surface area (Å²) in [6.45, 7) is 4.18. The van der Waals surface area contributed by atoms with Crippen LogP contribution in [0.3, 0.4) is 0 Å². The van der Waals surface area contributed by atoms with Gasteiger partial charge in [0.05, 0.1) is 6.54 Å². The lowest BCUT2D eigenvalue weighted by Gasteiger charge is -2.26. The molecule has 0 bridgehead atoms. The summed E-state index contributed by atoms with van der Waals surface area (Å²) in [6.07, 6.45) is 8.67. The highest BCUT2D eigenvalue weighted by Crippen LogP contribution is 2.26. The van der Waals surface area contributed by atoms with Gasteiger partial charge in [-0.05, 0) is 49.7 Å². The van der Waals surface area contributed by atoms with Gasteiger partial charge in [0.2, 0.25) is 5.88 Å². The van der Waals surface area contributed by atoms with Crippen LogP contribution < -0.4 is 15.4 Å². The maximum absolute atomic E-state index is 6.14. The summed E-state index contributed by atoms with van der Waals surface area (Å²) >= 11 is 0. The Bertz CT molecular complexity index is 912. The smallest absolute Gasteiger partial charge is 0.213 e. The lowest BCUT2D eigenvalue weighted by atomic mass is 9.89. The number of rotatable bonds is 7. The van der Waals surface area contributed by atoms with Crippen molar-refractivity contribution in [1.82, 2.24) is 30.4 Å². The average Bonchev–Trinajstić information content (AvgIpc) is 3.20. The van der Waals surface area contributed by atoms with Crippen molar-refractivity contribution < 1.29 is 9.47 Å². The van der Waals surface area contributed by atoms with Crippen molar-refractivity contribution in [3.8, 4) is 5.88 Å². The molecule has 0 aromatic carbocycles. The van der Waals surface area contributed by atoms with Gasteiger partial charge >= 0.3 is 0 Å². The third-order valence-electron chi connectivity index (χ3n) is 6.25. The van der Waals surface area contributed by atoms with E-state index in [9.17, 15) is 0 Å². The number of hydrogen-bond acceptors (Lipinski definition) is 6. The number of guanidine groups is 1. The highest BCUT2D eigenvalue weighted by molar-refractivity contribution is 14.0. The molecule has 3 heterocycles. The SMILES string of the molecule is CN=C(NCc1ccnc(OC2CCC(C)CC2)c1)NC1CCc2nc(COC)nn2C1.I. The van der Waals surface area contributed by atoms with Crippen LogP contribution in [0.15, 0.2) is 23.3 Å². The molecule has 10 heteroatoms. The fourth-order valence-electron chi connectivity index (χ4n) is 4.39. The maximum Gasteiger partial charge on any atom is 0.213 e. The molecule has 1 atom stereocenters. The van der Waals surface area contributed by atoms with Crippen LogP contribution in [0, 0.1) is 5.92 Å². The number of aliphatic imine (C=N–C) groups is 1. The van der Waals surface area contributed by atoms with Crippen molar-refractivity contribution in [2.24, 2.45) is 10.9 Å². The summed E-state index contributed by atoms with van der Waals surface area (Å²) in [6, 6.07) is 4.28. The van der Waals surface area contributed by atoms with E-state index < -0.39 is 0 Å². The van der Waals surface area contributed by atoms with E-state index in [0.717, 1.165) is 61.3 Å². The molecule has 9 nitrogen and oxygen atoms in total. The first-order chi connectivity index (χ1) is 15.6. The molecule has 0 amide bonds. The van der Waals surface area contributed by atoms with Crippen LogP contribution in [0.25, 0.3) is 0 Å². The van der Waals surface area contributed by atoms with Crippen molar-refractivity contribution in [2.75, 3.05) is 14.2 Å². The Kier molecular flexibility index (Phi) is 9.72. The van der Waals surface area contributed by atoms with Crippen LogP contribution in [0.5, 0.6) is 5.88 Å². The molecule has 0 saturated heterocycles. The van der Waals surface area contributed by atoms with E-state index in [4.69, 9.17) is 9.47 Å². The highest BCUT2D eigenvalue weighted by atomic mass is 127. The summed E-state index contributed by atoms with van der Waals surface area (Å²) in [5.41, 5.74) is 1.12. The second kappa shape index (κ2) is 12.5. The second-order valence-corrected chi connectivity index (χ2v) is 8.87. The van der Waals surface area contributed by atoms with E-state index >= 15 is 0 Å². The minimum absolute atomic E-state index is 0. The second-order valence-electron chi connectivity index (χ2n) is 8.87. The van der Waals surface area contributed by atoms with E-state index in [1.165, 1.54) is 12.8 Å². The molecule has 33 heavy (non-hydrogen) atoms. The molecule has 1 unspecified atom stereocenters. The standard InChI is InChI=1S/C23H35N7O2.HI/c1-16-4-7-19(8-5-16)32-22-12-17(10-11-25-22)13-26-23(24-2)27-18-6-9-21-28-20(15-31-3)29-30(21)14-18;/h10-12,16,18-19H,4-9,13-15H2,1-3H3,(H2,24,26,27);1H. The minimum atomic E-state index is 0. The molecule has 2 aromatic rings. The lowest BCUT2D eigenvalue weighted by molar-refractivity contribution is 0.130. The molecule has 0 radical (unpaired) electrons. The fraction of sp³-hybridized carbons (Fsp3) is 0.652. The predicted molar refractivity (Wildman–Crippen MR) is 138 cm³/mol. The Morgan fingerprint density at radius 3 is 2.82 bits per heavy atom. The Labute approximate surface area is 213 Å². The van der Waals surface area contributed by atoms with Gasteiger partial charge in [0, 0.05) is 45.4 Å².